The van der Waals surface area contributed by atoms with Crippen LogP contribution in [0, 0.1) is 0 Å². The average Bonchev–Trinajstić information content (AvgIpc) is 2.55. The summed E-state index contributed by atoms with van der Waals surface area (Å²) in [4.78, 5) is 0. The van der Waals surface area contributed by atoms with Crippen molar-refractivity contribution in [2.24, 2.45) is 0 Å². The van der Waals surface area contributed by atoms with Crippen molar-refractivity contribution in [3.63, 3.8) is 0 Å². The lowest BCUT2D eigenvalue weighted by Gasteiger charge is -2.08. The highest BCUT2D eigenvalue weighted by atomic mass is 19.4. The number of hydrogen-bond donors (Lipinski definition) is 0. The molecule has 0 saturated carbocycles. The van der Waals surface area contributed by atoms with Gasteiger partial charge in [0.1, 0.15) is 5.83 Å². The Bertz CT molecular complexity index is 694. The molecule has 0 bridgehead atoms. The first kappa shape index (κ1) is 18.2. The van der Waals surface area contributed by atoms with Crippen molar-refractivity contribution in [1.29, 1.82) is 0 Å². The maximum Gasteiger partial charge on any atom is 0.416 e. The van der Waals surface area contributed by atoms with Gasteiger partial charge in [-0.1, -0.05) is 43.3 Å². The molecule has 0 N–H and O–H groups in total. The van der Waals surface area contributed by atoms with Gasteiger partial charge in [-0.05, 0) is 36.1 Å². The van der Waals surface area contributed by atoms with Gasteiger partial charge in [0.15, 0.2) is 5.83 Å². The molecule has 2 aromatic carbocycles. The van der Waals surface area contributed by atoms with Crippen molar-refractivity contribution in [3.05, 3.63) is 76.6 Å². The Balaban J connectivity index is 2.10. The van der Waals surface area contributed by atoms with Crippen molar-refractivity contribution >= 4 is 5.83 Å². The summed E-state index contributed by atoms with van der Waals surface area (Å²) in [7, 11) is 0. The van der Waals surface area contributed by atoms with Crippen LogP contribution in [0.5, 0.6) is 0 Å². The number of benzene rings is 2. The zero-order valence-electron chi connectivity index (χ0n) is 13.1. The Kier molecular flexibility index (Phi) is 5.75. The topological polar surface area (TPSA) is 0 Å². The maximum absolute atomic E-state index is 13.8. The molecule has 0 aromatic heterocycles. The first-order valence-corrected chi connectivity index (χ1v) is 7.61. The first-order chi connectivity index (χ1) is 11.3. The van der Waals surface area contributed by atoms with Crippen LogP contribution in [-0.4, -0.2) is 0 Å². The molecule has 0 nitrogen and oxygen atoms in total. The van der Waals surface area contributed by atoms with E-state index in [9.17, 15) is 22.0 Å². The van der Waals surface area contributed by atoms with Crippen molar-refractivity contribution in [1.82, 2.24) is 0 Å². The SMILES string of the molecule is CCC/C(F)=C(/F)c1ccc(Cc2ccc(C(F)(F)F)cc2)cc1. The molecular weight excluding hydrogens is 323 g/mol. The lowest BCUT2D eigenvalue weighted by atomic mass is 10.0. The lowest BCUT2D eigenvalue weighted by molar-refractivity contribution is -0.137. The minimum absolute atomic E-state index is 0.0547. The summed E-state index contributed by atoms with van der Waals surface area (Å²) in [5, 5.41) is 0. The van der Waals surface area contributed by atoms with Crippen LogP contribution >= 0.6 is 0 Å². The van der Waals surface area contributed by atoms with Gasteiger partial charge in [0.2, 0.25) is 0 Å². The predicted molar refractivity (Wildman–Crippen MR) is 84.7 cm³/mol. The predicted octanol–water partition coefficient (Wildman–Crippen LogP) is 6.70. The normalized spacial score (nSPS) is 12.9. The van der Waals surface area contributed by atoms with E-state index in [4.69, 9.17) is 0 Å². The van der Waals surface area contributed by atoms with Crippen LogP contribution in [0.2, 0.25) is 0 Å². The molecule has 128 valence electrons. The Hall–Kier alpha value is -2.17. The second-order valence-electron chi connectivity index (χ2n) is 5.54. The third-order valence-electron chi connectivity index (χ3n) is 3.60. The van der Waals surface area contributed by atoms with Gasteiger partial charge < -0.3 is 0 Å². The quantitative estimate of drug-likeness (QED) is 0.531. The van der Waals surface area contributed by atoms with Crippen LogP contribution in [0.3, 0.4) is 0 Å². The molecule has 0 atom stereocenters. The van der Waals surface area contributed by atoms with E-state index in [1.807, 2.05) is 0 Å². The first-order valence-electron chi connectivity index (χ1n) is 7.61. The molecule has 0 aliphatic rings. The number of hydrogen-bond acceptors (Lipinski definition) is 0. The van der Waals surface area contributed by atoms with Crippen LogP contribution in [0.4, 0.5) is 22.0 Å². The molecule has 0 fully saturated rings. The fourth-order valence-electron chi connectivity index (χ4n) is 2.30. The third-order valence-corrected chi connectivity index (χ3v) is 3.60. The minimum Gasteiger partial charge on any atom is -0.209 e. The van der Waals surface area contributed by atoms with Gasteiger partial charge in [0, 0.05) is 12.0 Å². The molecule has 0 aliphatic carbocycles. The zero-order valence-corrected chi connectivity index (χ0v) is 13.1. The van der Waals surface area contributed by atoms with Gasteiger partial charge in [-0.15, -0.1) is 0 Å². The summed E-state index contributed by atoms with van der Waals surface area (Å²) in [5.41, 5.74) is 0.989. The fourth-order valence-corrected chi connectivity index (χ4v) is 2.30. The van der Waals surface area contributed by atoms with E-state index in [2.05, 4.69) is 0 Å². The van der Waals surface area contributed by atoms with Crippen molar-refractivity contribution in [2.45, 2.75) is 32.4 Å². The second kappa shape index (κ2) is 7.60. The van der Waals surface area contributed by atoms with Gasteiger partial charge in [-0.2, -0.15) is 13.2 Å². The number of rotatable bonds is 5. The largest absolute Gasteiger partial charge is 0.416 e. The standard InChI is InChI=1S/C19H17F5/c1-2-3-17(20)18(21)15-8-4-13(5-9-15)12-14-6-10-16(11-7-14)19(22,23)24/h4-11H,2-3,12H2,1H3/b18-17-. The van der Waals surface area contributed by atoms with E-state index in [1.165, 1.54) is 24.3 Å². The molecule has 2 aromatic rings. The molecule has 0 aliphatic heterocycles. The van der Waals surface area contributed by atoms with E-state index in [1.54, 1.807) is 19.1 Å². The summed E-state index contributed by atoms with van der Waals surface area (Å²) in [6.07, 6.45) is -3.36. The van der Waals surface area contributed by atoms with Crippen LogP contribution in [0.15, 0.2) is 54.4 Å². The van der Waals surface area contributed by atoms with Crippen LogP contribution in [0.25, 0.3) is 5.83 Å². The highest BCUT2D eigenvalue weighted by Crippen LogP contribution is 2.29. The molecule has 0 saturated heterocycles. The van der Waals surface area contributed by atoms with Crippen LogP contribution in [-0.2, 0) is 12.6 Å². The second-order valence-corrected chi connectivity index (χ2v) is 5.54. The maximum atomic E-state index is 13.8. The van der Waals surface area contributed by atoms with E-state index in [0.717, 1.165) is 17.7 Å². The molecule has 24 heavy (non-hydrogen) atoms. The number of halogens is 5. The fraction of sp³-hybridized carbons (Fsp3) is 0.263. The molecule has 0 spiro atoms. The van der Waals surface area contributed by atoms with Gasteiger partial charge in [0.25, 0.3) is 0 Å². The number of allylic oxidation sites excluding steroid dienone is 1. The highest BCUT2D eigenvalue weighted by molar-refractivity contribution is 5.61. The number of alkyl halides is 3. The molecular formula is C19H17F5. The average molecular weight is 340 g/mol. The van der Waals surface area contributed by atoms with Crippen LogP contribution < -0.4 is 0 Å². The van der Waals surface area contributed by atoms with E-state index < -0.39 is 23.4 Å². The molecule has 2 rings (SSSR count). The van der Waals surface area contributed by atoms with Crippen LogP contribution in [0.1, 0.15) is 42.0 Å². The summed E-state index contributed by atoms with van der Waals surface area (Å²) in [6, 6.07) is 11.1. The van der Waals surface area contributed by atoms with Gasteiger partial charge >= 0.3 is 6.18 Å². The van der Waals surface area contributed by atoms with Crippen molar-refractivity contribution < 1.29 is 22.0 Å². The molecule has 0 unspecified atom stereocenters. The van der Waals surface area contributed by atoms with E-state index >= 15 is 0 Å². The summed E-state index contributed by atoms with van der Waals surface area (Å²) in [5.74, 6) is -1.63. The molecule has 5 heteroatoms. The van der Waals surface area contributed by atoms with Crippen molar-refractivity contribution in [3.8, 4) is 0 Å². The van der Waals surface area contributed by atoms with Gasteiger partial charge in [-0.25, -0.2) is 8.78 Å². The Morgan fingerprint density at radius 2 is 1.33 bits per heavy atom. The molecule has 0 radical (unpaired) electrons. The lowest BCUT2D eigenvalue weighted by Crippen LogP contribution is -2.04. The third kappa shape index (κ3) is 4.66. The van der Waals surface area contributed by atoms with Crippen molar-refractivity contribution in [2.75, 3.05) is 0 Å². The summed E-state index contributed by atoms with van der Waals surface area (Å²) >= 11 is 0. The summed E-state index contributed by atoms with van der Waals surface area (Å²) < 4.78 is 64.9. The zero-order chi connectivity index (χ0) is 17.7. The van der Waals surface area contributed by atoms with Gasteiger partial charge in [0.05, 0.1) is 5.56 Å². The van der Waals surface area contributed by atoms with Gasteiger partial charge in [-0.3, -0.25) is 0 Å². The van der Waals surface area contributed by atoms with E-state index in [0.29, 0.717) is 18.4 Å². The Morgan fingerprint density at radius 3 is 1.79 bits per heavy atom. The highest BCUT2D eigenvalue weighted by Gasteiger charge is 2.29. The smallest absolute Gasteiger partial charge is 0.209 e. The minimum atomic E-state index is -4.35. The Labute approximate surface area is 137 Å². The molecule has 0 heterocycles. The Morgan fingerprint density at radius 1 is 0.833 bits per heavy atom. The van der Waals surface area contributed by atoms with E-state index in [-0.39, 0.29) is 12.0 Å². The molecule has 0 amide bonds. The monoisotopic (exact) mass is 340 g/mol. The summed E-state index contributed by atoms with van der Waals surface area (Å²) in [6.45, 7) is 1.76.